The first-order valence-corrected chi connectivity index (χ1v) is 6.37. The number of nitrogens with one attached hydrogen (secondary N) is 1. The van der Waals surface area contributed by atoms with Crippen molar-refractivity contribution in [3.63, 3.8) is 0 Å². The van der Waals surface area contributed by atoms with Crippen molar-refractivity contribution in [1.82, 2.24) is 5.32 Å². The van der Waals surface area contributed by atoms with Crippen molar-refractivity contribution in [3.05, 3.63) is 33.4 Å². The van der Waals surface area contributed by atoms with Crippen LogP contribution in [0.25, 0.3) is 0 Å². The summed E-state index contributed by atoms with van der Waals surface area (Å²) < 4.78 is 1.10. The van der Waals surface area contributed by atoms with Crippen LogP contribution >= 0.6 is 22.6 Å². The highest BCUT2D eigenvalue weighted by molar-refractivity contribution is 14.1. The van der Waals surface area contributed by atoms with Crippen molar-refractivity contribution >= 4 is 28.5 Å². The summed E-state index contributed by atoms with van der Waals surface area (Å²) in [6, 6.07) is 7.68. The minimum Gasteiger partial charge on any atom is -0.352 e. The van der Waals surface area contributed by atoms with Gasteiger partial charge in [-0.2, -0.15) is 0 Å². The fourth-order valence-electron chi connectivity index (χ4n) is 1.67. The minimum atomic E-state index is 0.0559. The third-order valence-electron chi connectivity index (χ3n) is 2.86. The van der Waals surface area contributed by atoms with Gasteiger partial charge in [0.05, 0.1) is 0 Å². The number of halogens is 1. The largest absolute Gasteiger partial charge is 0.352 e. The van der Waals surface area contributed by atoms with E-state index in [2.05, 4.69) is 27.9 Å². The summed E-state index contributed by atoms with van der Waals surface area (Å²) in [5, 5.41) is 2.99. The number of hydrogen-bond donors (Lipinski definition) is 1. The zero-order valence-corrected chi connectivity index (χ0v) is 10.7. The Hall–Kier alpha value is -0.580. The molecule has 0 saturated heterocycles. The van der Waals surface area contributed by atoms with Gasteiger partial charge < -0.3 is 5.32 Å². The van der Waals surface area contributed by atoms with E-state index in [9.17, 15) is 4.79 Å². The molecule has 1 N–H and O–H groups in total. The van der Waals surface area contributed by atoms with E-state index >= 15 is 0 Å². The molecule has 2 rings (SSSR count). The number of carbonyl (C=O) groups is 1. The van der Waals surface area contributed by atoms with E-state index in [0.717, 1.165) is 21.6 Å². The summed E-state index contributed by atoms with van der Waals surface area (Å²) in [5.74, 6) is 0.775. The summed E-state index contributed by atoms with van der Waals surface area (Å²) in [6.07, 6.45) is 3.86. The van der Waals surface area contributed by atoms with Gasteiger partial charge in [-0.05, 0) is 59.5 Å². The quantitative estimate of drug-likeness (QED) is 0.854. The molecule has 0 unspecified atom stereocenters. The molecule has 0 aliphatic heterocycles. The van der Waals surface area contributed by atoms with E-state index in [0.29, 0.717) is 0 Å². The van der Waals surface area contributed by atoms with Gasteiger partial charge in [-0.15, -0.1) is 0 Å². The van der Waals surface area contributed by atoms with Crippen LogP contribution in [-0.2, 0) is 0 Å². The van der Waals surface area contributed by atoms with Gasteiger partial charge in [-0.3, -0.25) is 4.79 Å². The molecule has 1 aromatic carbocycles. The normalized spacial score (nSPS) is 15.8. The number of rotatable bonds is 3. The first-order chi connectivity index (χ1) is 7.25. The second-order valence-electron chi connectivity index (χ2n) is 4.02. The van der Waals surface area contributed by atoms with Gasteiger partial charge in [0.2, 0.25) is 0 Å². The Morgan fingerprint density at radius 1 is 1.47 bits per heavy atom. The molecule has 1 saturated carbocycles. The Morgan fingerprint density at radius 3 is 2.87 bits per heavy atom. The molecule has 15 heavy (non-hydrogen) atoms. The van der Waals surface area contributed by atoms with Crippen LogP contribution in [-0.4, -0.2) is 12.5 Å². The highest BCUT2D eigenvalue weighted by Gasteiger charge is 2.18. The lowest BCUT2D eigenvalue weighted by Gasteiger charge is -2.25. The lowest BCUT2D eigenvalue weighted by Crippen LogP contribution is -2.32. The molecule has 80 valence electrons. The molecule has 1 fully saturated rings. The van der Waals surface area contributed by atoms with Crippen molar-refractivity contribution < 1.29 is 4.79 Å². The van der Waals surface area contributed by atoms with Crippen LogP contribution in [0, 0.1) is 9.49 Å². The number of amides is 1. The van der Waals surface area contributed by atoms with Crippen molar-refractivity contribution in [2.75, 3.05) is 6.54 Å². The molecule has 1 aliphatic rings. The predicted octanol–water partition coefficient (Wildman–Crippen LogP) is 2.82. The smallest absolute Gasteiger partial charge is 0.251 e. The van der Waals surface area contributed by atoms with E-state index in [1.807, 2.05) is 24.3 Å². The van der Waals surface area contributed by atoms with Crippen LogP contribution < -0.4 is 5.32 Å². The predicted molar refractivity (Wildman–Crippen MR) is 68.8 cm³/mol. The number of carbonyl (C=O) groups excluding carboxylic acids is 1. The van der Waals surface area contributed by atoms with E-state index in [4.69, 9.17) is 0 Å². The van der Waals surface area contributed by atoms with E-state index in [1.54, 1.807) is 0 Å². The Kier molecular flexibility index (Phi) is 3.61. The second-order valence-corrected chi connectivity index (χ2v) is 5.26. The first kappa shape index (κ1) is 10.9. The topological polar surface area (TPSA) is 29.1 Å². The highest BCUT2D eigenvalue weighted by atomic mass is 127. The standard InChI is InChI=1S/C12H14INO/c13-11-6-2-5-10(7-11)12(15)14-8-9-3-1-4-9/h2,5-7,9H,1,3-4,8H2,(H,14,15). The first-order valence-electron chi connectivity index (χ1n) is 5.29. The van der Waals surface area contributed by atoms with Crippen molar-refractivity contribution in [1.29, 1.82) is 0 Å². The van der Waals surface area contributed by atoms with Gasteiger partial charge in [0.25, 0.3) is 5.91 Å². The van der Waals surface area contributed by atoms with Gasteiger partial charge in [-0.1, -0.05) is 12.5 Å². The Morgan fingerprint density at radius 2 is 2.27 bits per heavy atom. The molecule has 2 nitrogen and oxygen atoms in total. The monoisotopic (exact) mass is 315 g/mol. The maximum Gasteiger partial charge on any atom is 0.251 e. The zero-order chi connectivity index (χ0) is 10.7. The number of hydrogen-bond acceptors (Lipinski definition) is 1. The van der Waals surface area contributed by atoms with Gasteiger partial charge in [-0.25, -0.2) is 0 Å². The Labute approximate surface area is 104 Å². The average molecular weight is 315 g/mol. The summed E-state index contributed by atoms with van der Waals surface area (Å²) in [4.78, 5) is 11.7. The molecule has 0 aromatic heterocycles. The van der Waals surface area contributed by atoms with Crippen LogP contribution in [0.5, 0.6) is 0 Å². The molecule has 0 heterocycles. The molecular formula is C12H14INO. The fraction of sp³-hybridized carbons (Fsp3) is 0.417. The molecular weight excluding hydrogens is 301 g/mol. The third-order valence-corrected chi connectivity index (χ3v) is 3.53. The van der Waals surface area contributed by atoms with E-state index in [-0.39, 0.29) is 5.91 Å². The third kappa shape index (κ3) is 2.93. The van der Waals surface area contributed by atoms with Gasteiger partial charge in [0.15, 0.2) is 0 Å². The highest BCUT2D eigenvalue weighted by Crippen LogP contribution is 2.25. The average Bonchev–Trinajstić information content (AvgIpc) is 2.15. The Bertz CT molecular complexity index is 360. The summed E-state index contributed by atoms with van der Waals surface area (Å²) in [7, 11) is 0. The lowest BCUT2D eigenvalue weighted by molar-refractivity contribution is 0.0939. The zero-order valence-electron chi connectivity index (χ0n) is 8.50. The summed E-state index contributed by atoms with van der Waals surface area (Å²) >= 11 is 2.22. The molecule has 3 heteroatoms. The molecule has 0 bridgehead atoms. The van der Waals surface area contributed by atoms with E-state index < -0.39 is 0 Å². The summed E-state index contributed by atoms with van der Waals surface area (Å²) in [5.41, 5.74) is 0.765. The van der Waals surface area contributed by atoms with Crippen LogP contribution in [0.2, 0.25) is 0 Å². The molecule has 0 radical (unpaired) electrons. The molecule has 1 aliphatic carbocycles. The van der Waals surface area contributed by atoms with E-state index in [1.165, 1.54) is 19.3 Å². The summed E-state index contributed by atoms with van der Waals surface area (Å²) in [6.45, 7) is 0.838. The lowest BCUT2D eigenvalue weighted by atomic mass is 9.85. The van der Waals surface area contributed by atoms with Crippen LogP contribution in [0.3, 0.4) is 0 Å². The molecule has 0 atom stereocenters. The van der Waals surface area contributed by atoms with Gasteiger partial charge in [0, 0.05) is 15.7 Å². The second kappa shape index (κ2) is 4.96. The molecule has 1 aromatic rings. The molecule has 1 amide bonds. The van der Waals surface area contributed by atoms with Crippen LogP contribution in [0.4, 0.5) is 0 Å². The fourth-order valence-corrected chi connectivity index (χ4v) is 2.21. The van der Waals surface area contributed by atoms with Crippen LogP contribution in [0.1, 0.15) is 29.6 Å². The maximum absolute atomic E-state index is 11.7. The van der Waals surface area contributed by atoms with Crippen LogP contribution in [0.15, 0.2) is 24.3 Å². The van der Waals surface area contributed by atoms with Gasteiger partial charge >= 0.3 is 0 Å². The Balaban J connectivity index is 1.89. The maximum atomic E-state index is 11.7. The minimum absolute atomic E-state index is 0.0559. The van der Waals surface area contributed by atoms with Crippen molar-refractivity contribution in [3.8, 4) is 0 Å². The van der Waals surface area contributed by atoms with Gasteiger partial charge in [0.1, 0.15) is 0 Å². The van der Waals surface area contributed by atoms with Crippen molar-refractivity contribution in [2.45, 2.75) is 19.3 Å². The SMILES string of the molecule is O=C(NCC1CCC1)c1cccc(I)c1. The number of benzene rings is 1. The molecule has 0 spiro atoms. The van der Waals surface area contributed by atoms with Crippen molar-refractivity contribution in [2.24, 2.45) is 5.92 Å².